The molecule has 3 nitrogen and oxygen atoms in total. The molecule has 0 amide bonds. The van der Waals surface area contributed by atoms with Crippen LogP contribution < -0.4 is 10.2 Å². The molecular weight excluding hydrogens is 222 g/mol. The van der Waals surface area contributed by atoms with E-state index in [1.165, 1.54) is 11.3 Å². The summed E-state index contributed by atoms with van der Waals surface area (Å²) >= 11 is 0. The molecule has 1 aliphatic heterocycles. The summed E-state index contributed by atoms with van der Waals surface area (Å²) < 4.78 is 0. The maximum atomic E-state index is 4.60. The van der Waals surface area contributed by atoms with Crippen LogP contribution in [-0.4, -0.2) is 25.1 Å². The van der Waals surface area contributed by atoms with Gasteiger partial charge in [0.15, 0.2) is 0 Å². The van der Waals surface area contributed by atoms with Crippen molar-refractivity contribution in [3.63, 3.8) is 0 Å². The summed E-state index contributed by atoms with van der Waals surface area (Å²) in [7, 11) is 1.99. The van der Waals surface area contributed by atoms with Crippen molar-refractivity contribution in [2.24, 2.45) is 0 Å². The van der Waals surface area contributed by atoms with Gasteiger partial charge in [-0.25, -0.2) is 0 Å². The van der Waals surface area contributed by atoms with Crippen molar-refractivity contribution in [1.29, 1.82) is 0 Å². The highest BCUT2D eigenvalue weighted by Gasteiger charge is 2.12. The highest BCUT2D eigenvalue weighted by Crippen LogP contribution is 2.21. The average Bonchev–Trinajstić information content (AvgIpc) is 2.41. The Kier molecular flexibility index (Phi) is 4.37. The third-order valence-electron chi connectivity index (χ3n) is 3.58. The number of pyridine rings is 1. The van der Waals surface area contributed by atoms with Crippen molar-refractivity contribution >= 4 is 5.69 Å². The van der Waals surface area contributed by atoms with Gasteiger partial charge in [-0.3, -0.25) is 4.98 Å². The summed E-state index contributed by atoms with van der Waals surface area (Å²) in [5, 5.41) is 3.29. The van der Waals surface area contributed by atoms with Gasteiger partial charge in [0, 0.05) is 19.1 Å². The first-order valence-corrected chi connectivity index (χ1v) is 6.78. The van der Waals surface area contributed by atoms with Crippen LogP contribution in [0.3, 0.4) is 0 Å². The van der Waals surface area contributed by atoms with E-state index >= 15 is 0 Å². The lowest BCUT2D eigenvalue weighted by atomic mass is 10.1. The fourth-order valence-corrected chi connectivity index (χ4v) is 2.48. The van der Waals surface area contributed by atoms with Crippen LogP contribution in [0.1, 0.15) is 38.4 Å². The number of rotatable bonds is 4. The van der Waals surface area contributed by atoms with E-state index < -0.39 is 0 Å². The second kappa shape index (κ2) is 6.01. The molecule has 18 heavy (non-hydrogen) atoms. The van der Waals surface area contributed by atoms with Gasteiger partial charge in [0.25, 0.3) is 0 Å². The summed E-state index contributed by atoms with van der Waals surface area (Å²) in [4.78, 5) is 6.99. The average molecular weight is 245 g/mol. The van der Waals surface area contributed by atoms with Gasteiger partial charge in [0.2, 0.25) is 0 Å². The minimum Gasteiger partial charge on any atom is -0.366 e. The zero-order chi connectivity index (χ0) is 13.0. The summed E-state index contributed by atoms with van der Waals surface area (Å²) in [6.45, 7) is 6.50. The Hall–Kier alpha value is -1.35. The lowest BCUT2D eigenvalue weighted by Gasteiger charge is -2.28. The molecule has 2 heterocycles. The van der Waals surface area contributed by atoms with Gasteiger partial charge in [-0.2, -0.15) is 0 Å². The predicted octanol–water partition coefficient (Wildman–Crippen LogP) is 2.91. The Bertz CT molecular complexity index is 404. The van der Waals surface area contributed by atoms with Crippen molar-refractivity contribution in [1.82, 2.24) is 10.3 Å². The molecule has 0 saturated heterocycles. The fraction of sp³-hybridized carbons (Fsp3) is 0.533. The second-order valence-corrected chi connectivity index (χ2v) is 4.95. The Balaban J connectivity index is 2.10. The third-order valence-corrected chi connectivity index (χ3v) is 3.58. The smallest absolute Gasteiger partial charge is 0.0574 e. The van der Waals surface area contributed by atoms with Gasteiger partial charge >= 0.3 is 0 Å². The Labute approximate surface area is 110 Å². The van der Waals surface area contributed by atoms with E-state index in [2.05, 4.69) is 47.3 Å². The molecular formula is C15H23N3. The molecule has 98 valence electrons. The van der Waals surface area contributed by atoms with E-state index in [1.54, 1.807) is 0 Å². The number of hydrogen-bond donors (Lipinski definition) is 1. The molecule has 0 radical (unpaired) electrons. The Morgan fingerprint density at radius 3 is 2.83 bits per heavy atom. The lowest BCUT2D eigenvalue weighted by molar-refractivity contribution is 0.561. The van der Waals surface area contributed by atoms with Crippen molar-refractivity contribution < 1.29 is 0 Å². The summed E-state index contributed by atoms with van der Waals surface area (Å²) in [5.74, 6) is 0. The van der Waals surface area contributed by atoms with Gasteiger partial charge in [0.05, 0.1) is 17.6 Å². The van der Waals surface area contributed by atoms with Crippen LogP contribution in [0.15, 0.2) is 30.0 Å². The molecule has 1 N–H and O–H groups in total. The zero-order valence-electron chi connectivity index (χ0n) is 11.6. The predicted molar refractivity (Wildman–Crippen MR) is 76.9 cm³/mol. The third kappa shape index (κ3) is 2.91. The van der Waals surface area contributed by atoms with Gasteiger partial charge in [0.1, 0.15) is 0 Å². The second-order valence-electron chi connectivity index (χ2n) is 4.95. The Morgan fingerprint density at radius 1 is 1.44 bits per heavy atom. The first-order valence-electron chi connectivity index (χ1n) is 6.78. The first-order chi connectivity index (χ1) is 8.74. The van der Waals surface area contributed by atoms with E-state index in [1.807, 2.05) is 13.2 Å². The van der Waals surface area contributed by atoms with Gasteiger partial charge in [-0.05, 0) is 38.9 Å². The van der Waals surface area contributed by atoms with Crippen LogP contribution in [0.4, 0.5) is 5.69 Å². The van der Waals surface area contributed by atoms with Crippen LogP contribution in [0.2, 0.25) is 0 Å². The number of hydrogen-bond acceptors (Lipinski definition) is 3. The van der Waals surface area contributed by atoms with Crippen LogP contribution in [0.25, 0.3) is 0 Å². The normalized spacial score (nSPS) is 17.5. The zero-order valence-corrected chi connectivity index (χ0v) is 11.6. The molecule has 0 bridgehead atoms. The molecule has 1 atom stereocenters. The van der Waals surface area contributed by atoms with Crippen LogP contribution in [-0.2, 0) is 0 Å². The molecule has 0 aliphatic carbocycles. The van der Waals surface area contributed by atoms with Crippen molar-refractivity contribution in [2.45, 2.75) is 32.7 Å². The maximum Gasteiger partial charge on any atom is 0.0574 e. The van der Waals surface area contributed by atoms with E-state index in [-0.39, 0.29) is 0 Å². The van der Waals surface area contributed by atoms with Gasteiger partial charge in [-0.1, -0.05) is 18.6 Å². The van der Waals surface area contributed by atoms with Gasteiger partial charge < -0.3 is 10.2 Å². The number of aromatic nitrogens is 1. The Morgan fingerprint density at radius 2 is 2.28 bits per heavy atom. The van der Waals surface area contributed by atoms with E-state index in [0.29, 0.717) is 6.04 Å². The molecule has 1 aliphatic rings. The molecule has 1 aromatic heterocycles. The molecule has 0 aromatic carbocycles. The standard InChI is InChI=1S/C15H23N3/c1-4-14(16-3)15-8-7-13(10-17-15)18-9-5-6-12(2)11-18/h6-8,10,14,16H,4-5,9,11H2,1-3H3. The van der Waals surface area contributed by atoms with Gasteiger partial charge in [-0.15, -0.1) is 0 Å². The van der Waals surface area contributed by atoms with Crippen LogP contribution in [0, 0.1) is 0 Å². The minimum atomic E-state index is 0.363. The lowest BCUT2D eigenvalue weighted by Crippen LogP contribution is -2.29. The SMILES string of the molecule is CCC(NC)c1ccc(N2CCC=C(C)C2)cn1. The van der Waals surface area contributed by atoms with E-state index in [4.69, 9.17) is 0 Å². The summed E-state index contributed by atoms with van der Waals surface area (Å²) in [5.41, 5.74) is 3.82. The molecule has 1 unspecified atom stereocenters. The minimum absolute atomic E-state index is 0.363. The molecule has 3 heteroatoms. The number of nitrogens with one attached hydrogen (secondary N) is 1. The quantitative estimate of drug-likeness (QED) is 0.827. The molecule has 2 rings (SSSR count). The monoisotopic (exact) mass is 245 g/mol. The summed E-state index contributed by atoms with van der Waals surface area (Å²) in [6.07, 6.45) is 6.54. The summed E-state index contributed by atoms with van der Waals surface area (Å²) in [6, 6.07) is 4.70. The topological polar surface area (TPSA) is 28.2 Å². The van der Waals surface area contributed by atoms with Crippen LogP contribution >= 0.6 is 0 Å². The highest BCUT2D eigenvalue weighted by molar-refractivity contribution is 5.47. The fourth-order valence-electron chi connectivity index (χ4n) is 2.48. The highest BCUT2D eigenvalue weighted by atomic mass is 15.1. The van der Waals surface area contributed by atoms with Crippen molar-refractivity contribution in [3.05, 3.63) is 35.7 Å². The number of anilines is 1. The molecule has 0 spiro atoms. The largest absolute Gasteiger partial charge is 0.366 e. The van der Waals surface area contributed by atoms with E-state index in [9.17, 15) is 0 Å². The maximum absolute atomic E-state index is 4.60. The molecule has 0 fully saturated rings. The van der Waals surface area contributed by atoms with Crippen LogP contribution in [0.5, 0.6) is 0 Å². The molecule has 1 aromatic rings. The van der Waals surface area contributed by atoms with Crippen molar-refractivity contribution in [2.75, 3.05) is 25.0 Å². The molecule has 0 saturated carbocycles. The first kappa shape index (κ1) is 13.1. The van der Waals surface area contributed by atoms with E-state index in [0.717, 1.165) is 31.6 Å². The van der Waals surface area contributed by atoms with Crippen molar-refractivity contribution in [3.8, 4) is 0 Å². The number of nitrogens with zero attached hydrogens (tertiary/aromatic N) is 2.